The molecule has 0 aromatic heterocycles. The van der Waals surface area contributed by atoms with Gasteiger partial charge in [0.05, 0.1) is 5.56 Å². The number of hydrogen-bond acceptors (Lipinski definition) is 1. The van der Waals surface area contributed by atoms with E-state index in [1.54, 1.807) is 12.1 Å². The topological polar surface area (TPSA) is 37.3 Å². The van der Waals surface area contributed by atoms with Crippen LogP contribution >= 0.6 is 0 Å². The van der Waals surface area contributed by atoms with Crippen LogP contribution in [-0.4, -0.2) is 28.4 Å². The molecule has 0 aliphatic carbocycles. The fourth-order valence-corrected chi connectivity index (χ4v) is 1.11. The second-order valence-corrected chi connectivity index (χ2v) is 4.13. The van der Waals surface area contributed by atoms with Crippen molar-refractivity contribution >= 4 is 23.3 Å². The van der Waals surface area contributed by atoms with Gasteiger partial charge in [0.2, 0.25) is 0 Å². The molecule has 0 unspecified atom stereocenters. The molecule has 0 amide bonds. The summed E-state index contributed by atoms with van der Waals surface area (Å²) >= 11 is 0. The highest BCUT2D eigenvalue weighted by Gasteiger charge is 2.13. The summed E-state index contributed by atoms with van der Waals surface area (Å²) < 4.78 is 0. The molecular formula is C11H17AlO2. The molecule has 14 heavy (non-hydrogen) atoms. The van der Waals surface area contributed by atoms with Crippen LogP contribution in [0, 0.1) is 0 Å². The third kappa shape index (κ3) is 3.17. The van der Waals surface area contributed by atoms with E-state index in [0.717, 1.165) is 5.56 Å². The van der Waals surface area contributed by atoms with Crippen LogP contribution in [0.4, 0.5) is 0 Å². The number of rotatable bonds is 1. The maximum absolute atomic E-state index is 10.6. The minimum absolute atomic E-state index is 0. The molecule has 0 radical (unpaired) electrons. The third-order valence-electron chi connectivity index (χ3n) is 2.00. The van der Waals surface area contributed by atoms with Gasteiger partial charge in [-0.15, -0.1) is 0 Å². The highest BCUT2D eigenvalue weighted by atomic mass is 27.0. The first-order valence-corrected chi connectivity index (χ1v) is 4.25. The van der Waals surface area contributed by atoms with Crippen molar-refractivity contribution in [3.05, 3.63) is 35.4 Å². The molecule has 1 rings (SSSR count). The lowest BCUT2D eigenvalue weighted by Gasteiger charge is -2.18. The van der Waals surface area contributed by atoms with Crippen LogP contribution in [0.2, 0.25) is 0 Å². The van der Waals surface area contributed by atoms with Crippen LogP contribution in [0.25, 0.3) is 0 Å². The molecule has 0 atom stereocenters. The fraction of sp³-hybridized carbons (Fsp3) is 0.364. The average molecular weight is 208 g/mol. The summed E-state index contributed by atoms with van der Waals surface area (Å²) in [5, 5.41) is 8.68. The Morgan fingerprint density at radius 3 is 1.86 bits per heavy atom. The Hall–Kier alpha value is -0.778. The molecule has 0 fully saturated rings. The molecule has 0 aliphatic rings. The van der Waals surface area contributed by atoms with Crippen molar-refractivity contribution in [2.24, 2.45) is 0 Å². The lowest BCUT2D eigenvalue weighted by atomic mass is 9.87. The summed E-state index contributed by atoms with van der Waals surface area (Å²) in [6, 6.07) is 7.01. The normalized spacial score (nSPS) is 10.5. The lowest BCUT2D eigenvalue weighted by molar-refractivity contribution is 0.0697. The number of carbonyl (C=O) groups is 1. The van der Waals surface area contributed by atoms with E-state index < -0.39 is 5.97 Å². The third-order valence-corrected chi connectivity index (χ3v) is 2.00. The van der Waals surface area contributed by atoms with Crippen molar-refractivity contribution in [3.63, 3.8) is 0 Å². The first-order valence-electron chi connectivity index (χ1n) is 4.25. The van der Waals surface area contributed by atoms with Crippen LogP contribution in [0.15, 0.2) is 24.3 Å². The van der Waals surface area contributed by atoms with E-state index in [4.69, 9.17) is 5.11 Å². The zero-order valence-corrected chi connectivity index (χ0v) is 8.16. The zero-order valence-electron chi connectivity index (χ0n) is 8.16. The fourth-order valence-electron chi connectivity index (χ4n) is 1.11. The van der Waals surface area contributed by atoms with Crippen molar-refractivity contribution in [3.8, 4) is 0 Å². The average Bonchev–Trinajstić information content (AvgIpc) is 2.03. The van der Waals surface area contributed by atoms with Crippen LogP contribution in [0.5, 0.6) is 0 Å². The van der Waals surface area contributed by atoms with E-state index in [1.807, 2.05) is 12.1 Å². The van der Waals surface area contributed by atoms with Gasteiger partial charge in [-0.25, -0.2) is 4.79 Å². The molecule has 1 N–H and O–H groups in total. The molecule has 3 heteroatoms. The maximum atomic E-state index is 10.6. The summed E-state index contributed by atoms with van der Waals surface area (Å²) in [5.41, 5.74) is 1.57. The van der Waals surface area contributed by atoms with E-state index in [9.17, 15) is 4.79 Å². The summed E-state index contributed by atoms with van der Waals surface area (Å²) in [6.45, 7) is 6.30. The summed E-state index contributed by atoms with van der Waals surface area (Å²) in [5.74, 6) is -0.875. The second-order valence-electron chi connectivity index (χ2n) is 4.13. The summed E-state index contributed by atoms with van der Waals surface area (Å²) in [6.07, 6.45) is 0. The van der Waals surface area contributed by atoms with Gasteiger partial charge in [0, 0.05) is 0 Å². The molecule has 0 heterocycles. The Kier molecular flexibility index (Phi) is 4.38. The molecule has 2 nitrogen and oxygen atoms in total. The lowest BCUT2D eigenvalue weighted by Crippen LogP contribution is -2.11. The largest absolute Gasteiger partial charge is 0.478 e. The van der Waals surface area contributed by atoms with Crippen LogP contribution in [-0.2, 0) is 5.41 Å². The van der Waals surface area contributed by atoms with Crippen molar-refractivity contribution in [2.75, 3.05) is 0 Å². The van der Waals surface area contributed by atoms with Crippen molar-refractivity contribution in [1.82, 2.24) is 0 Å². The first kappa shape index (κ1) is 13.2. The van der Waals surface area contributed by atoms with E-state index >= 15 is 0 Å². The monoisotopic (exact) mass is 208 g/mol. The van der Waals surface area contributed by atoms with E-state index in [-0.39, 0.29) is 22.8 Å². The molecule has 0 saturated heterocycles. The smallest absolute Gasteiger partial charge is 0.335 e. The van der Waals surface area contributed by atoms with E-state index in [1.165, 1.54) is 0 Å². The quantitative estimate of drug-likeness (QED) is 0.710. The van der Waals surface area contributed by atoms with Crippen molar-refractivity contribution in [2.45, 2.75) is 26.2 Å². The van der Waals surface area contributed by atoms with Gasteiger partial charge in [0.15, 0.2) is 17.4 Å². The van der Waals surface area contributed by atoms with Crippen LogP contribution < -0.4 is 0 Å². The first-order chi connectivity index (χ1) is 5.91. The molecular weight excluding hydrogens is 191 g/mol. The molecule has 1 aromatic carbocycles. The van der Waals surface area contributed by atoms with E-state index in [2.05, 4.69) is 20.8 Å². The molecule has 76 valence electrons. The SMILES string of the molecule is CC(C)(C)c1ccc(C(=O)O)cc1.[AlH3]. The van der Waals surface area contributed by atoms with Gasteiger partial charge in [-0.05, 0) is 23.1 Å². The second kappa shape index (κ2) is 4.64. The van der Waals surface area contributed by atoms with Gasteiger partial charge < -0.3 is 5.11 Å². The van der Waals surface area contributed by atoms with Gasteiger partial charge in [-0.3, -0.25) is 0 Å². The number of carboxylic acid groups (broad SMARTS) is 1. The van der Waals surface area contributed by atoms with Gasteiger partial charge in [0.1, 0.15) is 0 Å². The van der Waals surface area contributed by atoms with Gasteiger partial charge in [-0.1, -0.05) is 32.9 Å². The molecule has 0 saturated carbocycles. The van der Waals surface area contributed by atoms with Gasteiger partial charge >= 0.3 is 5.97 Å². The van der Waals surface area contributed by atoms with Gasteiger partial charge in [-0.2, -0.15) is 0 Å². The van der Waals surface area contributed by atoms with Crippen molar-refractivity contribution in [1.29, 1.82) is 0 Å². The molecule has 1 aromatic rings. The maximum Gasteiger partial charge on any atom is 0.335 e. The number of hydrogen-bond donors (Lipinski definition) is 1. The number of benzene rings is 1. The standard InChI is InChI=1S/C11H14O2.Al.3H/c1-11(2,3)9-6-4-8(5-7-9)10(12)13;;;;/h4-7H,1-3H3,(H,12,13);;;;. The Bertz CT molecular complexity index is 309. The molecule has 0 aliphatic heterocycles. The van der Waals surface area contributed by atoms with E-state index in [0.29, 0.717) is 5.56 Å². The number of carboxylic acids is 1. The Morgan fingerprint density at radius 2 is 1.57 bits per heavy atom. The minimum Gasteiger partial charge on any atom is -0.478 e. The zero-order chi connectivity index (χ0) is 10.1. The predicted molar refractivity (Wildman–Crippen MR) is 62.0 cm³/mol. The molecule has 0 spiro atoms. The highest BCUT2D eigenvalue weighted by molar-refractivity contribution is 5.87. The summed E-state index contributed by atoms with van der Waals surface area (Å²) in [4.78, 5) is 10.6. The van der Waals surface area contributed by atoms with Gasteiger partial charge in [0.25, 0.3) is 0 Å². The Balaban J connectivity index is 0.00000169. The van der Waals surface area contributed by atoms with Crippen LogP contribution in [0.3, 0.4) is 0 Å². The predicted octanol–water partition coefficient (Wildman–Crippen LogP) is 1.50. The minimum atomic E-state index is -0.875. The highest BCUT2D eigenvalue weighted by Crippen LogP contribution is 2.21. The number of aromatic carboxylic acids is 1. The summed E-state index contributed by atoms with van der Waals surface area (Å²) in [7, 11) is 0. The molecule has 0 bridgehead atoms. The van der Waals surface area contributed by atoms with Crippen molar-refractivity contribution < 1.29 is 9.90 Å². The van der Waals surface area contributed by atoms with Crippen LogP contribution in [0.1, 0.15) is 36.7 Å². The Labute approximate surface area is 95.1 Å². The Morgan fingerprint density at radius 1 is 1.14 bits per heavy atom.